The fourth-order valence-electron chi connectivity index (χ4n) is 1.30. The summed E-state index contributed by atoms with van der Waals surface area (Å²) in [5.41, 5.74) is 6.45. The van der Waals surface area contributed by atoms with Crippen LogP contribution in [0, 0.1) is 0 Å². The first-order chi connectivity index (χ1) is 6.74. The average molecular weight is 197 g/mol. The Morgan fingerprint density at radius 3 is 2.57 bits per heavy atom. The summed E-state index contributed by atoms with van der Waals surface area (Å²) >= 11 is 0. The van der Waals surface area contributed by atoms with E-state index in [1.165, 1.54) is 0 Å². The Morgan fingerprint density at radius 1 is 1.36 bits per heavy atom. The van der Waals surface area contributed by atoms with E-state index in [0.717, 1.165) is 5.56 Å². The molecule has 0 bridgehead atoms. The Kier molecular flexibility index (Phi) is 3.73. The standard InChI is InChI=1S/C10H15NO3/c1-13-9-5-3-4-7(8(11)6-12)10(9)14-2/h3-5,8,12H,6,11H2,1-2H3/t8-/m1/s1. The van der Waals surface area contributed by atoms with Crippen LogP contribution in [0.4, 0.5) is 0 Å². The second kappa shape index (κ2) is 4.83. The van der Waals surface area contributed by atoms with E-state index in [1.807, 2.05) is 12.1 Å². The lowest BCUT2D eigenvalue weighted by Gasteiger charge is -2.15. The van der Waals surface area contributed by atoms with E-state index in [0.29, 0.717) is 11.5 Å². The van der Waals surface area contributed by atoms with Crippen LogP contribution in [0.25, 0.3) is 0 Å². The number of para-hydroxylation sites is 1. The maximum atomic E-state index is 8.95. The third-order valence-electron chi connectivity index (χ3n) is 2.03. The molecule has 1 aromatic carbocycles. The van der Waals surface area contributed by atoms with Gasteiger partial charge in [0, 0.05) is 5.56 Å². The number of rotatable bonds is 4. The van der Waals surface area contributed by atoms with Crippen LogP contribution in [0.1, 0.15) is 11.6 Å². The van der Waals surface area contributed by atoms with Crippen molar-refractivity contribution < 1.29 is 14.6 Å². The smallest absolute Gasteiger partial charge is 0.165 e. The third kappa shape index (κ3) is 1.97. The van der Waals surface area contributed by atoms with Crippen LogP contribution in [-0.2, 0) is 0 Å². The van der Waals surface area contributed by atoms with Crippen molar-refractivity contribution in [3.8, 4) is 11.5 Å². The van der Waals surface area contributed by atoms with Crippen molar-refractivity contribution >= 4 is 0 Å². The molecule has 0 saturated carbocycles. The number of ether oxygens (including phenoxy) is 2. The molecule has 0 aromatic heterocycles. The minimum atomic E-state index is -0.444. The van der Waals surface area contributed by atoms with Crippen molar-refractivity contribution in [2.24, 2.45) is 5.73 Å². The lowest BCUT2D eigenvalue weighted by atomic mass is 10.1. The van der Waals surface area contributed by atoms with Gasteiger partial charge in [-0.25, -0.2) is 0 Å². The van der Waals surface area contributed by atoms with Gasteiger partial charge in [-0.1, -0.05) is 12.1 Å². The molecular weight excluding hydrogens is 182 g/mol. The number of benzene rings is 1. The van der Waals surface area contributed by atoms with E-state index in [4.69, 9.17) is 20.3 Å². The Hall–Kier alpha value is -1.26. The molecule has 0 saturated heterocycles. The molecule has 0 radical (unpaired) electrons. The molecule has 14 heavy (non-hydrogen) atoms. The summed E-state index contributed by atoms with van der Waals surface area (Å²) in [5, 5.41) is 8.95. The monoisotopic (exact) mass is 197 g/mol. The highest BCUT2D eigenvalue weighted by atomic mass is 16.5. The van der Waals surface area contributed by atoms with Crippen LogP contribution in [0.5, 0.6) is 11.5 Å². The summed E-state index contributed by atoms with van der Waals surface area (Å²) < 4.78 is 10.3. The molecule has 3 N–H and O–H groups in total. The normalized spacial score (nSPS) is 12.3. The van der Waals surface area contributed by atoms with Crippen LogP contribution in [-0.4, -0.2) is 25.9 Å². The topological polar surface area (TPSA) is 64.7 Å². The molecule has 4 heteroatoms. The summed E-state index contributed by atoms with van der Waals surface area (Å²) in [6, 6.07) is 4.96. The van der Waals surface area contributed by atoms with E-state index in [1.54, 1.807) is 20.3 Å². The van der Waals surface area contributed by atoms with Gasteiger partial charge in [0.25, 0.3) is 0 Å². The van der Waals surface area contributed by atoms with Crippen molar-refractivity contribution in [3.05, 3.63) is 23.8 Å². The number of aliphatic hydroxyl groups is 1. The van der Waals surface area contributed by atoms with Gasteiger partial charge in [0.05, 0.1) is 26.9 Å². The predicted molar refractivity (Wildman–Crippen MR) is 53.6 cm³/mol. The van der Waals surface area contributed by atoms with Gasteiger partial charge in [-0.3, -0.25) is 0 Å². The molecule has 78 valence electrons. The van der Waals surface area contributed by atoms with Gasteiger partial charge >= 0.3 is 0 Å². The Morgan fingerprint density at radius 2 is 2.07 bits per heavy atom. The number of methoxy groups -OCH3 is 2. The number of aliphatic hydroxyl groups excluding tert-OH is 1. The second-order valence-corrected chi connectivity index (χ2v) is 2.87. The quantitative estimate of drug-likeness (QED) is 0.745. The summed E-state index contributed by atoms with van der Waals surface area (Å²) in [4.78, 5) is 0. The molecular formula is C10H15NO3. The highest BCUT2D eigenvalue weighted by Gasteiger charge is 2.14. The van der Waals surface area contributed by atoms with E-state index in [2.05, 4.69) is 0 Å². The van der Waals surface area contributed by atoms with E-state index in [9.17, 15) is 0 Å². The lowest BCUT2D eigenvalue weighted by Crippen LogP contribution is -2.15. The van der Waals surface area contributed by atoms with Crippen molar-refractivity contribution in [1.82, 2.24) is 0 Å². The van der Waals surface area contributed by atoms with Crippen LogP contribution in [0.2, 0.25) is 0 Å². The molecule has 0 aliphatic carbocycles. The number of hydrogen-bond donors (Lipinski definition) is 2. The number of hydrogen-bond acceptors (Lipinski definition) is 4. The van der Waals surface area contributed by atoms with E-state index < -0.39 is 6.04 Å². The fraction of sp³-hybridized carbons (Fsp3) is 0.400. The van der Waals surface area contributed by atoms with Gasteiger partial charge in [0.15, 0.2) is 11.5 Å². The zero-order chi connectivity index (χ0) is 10.6. The maximum Gasteiger partial charge on any atom is 0.165 e. The van der Waals surface area contributed by atoms with Crippen molar-refractivity contribution in [1.29, 1.82) is 0 Å². The molecule has 0 fully saturated rings. The Bertz CT molecular complexity index is 301. The molecule has 0 amide bonds. The van der Waals surface area contributed by atoms with Gasteiger partial charge in [0.2, 0.25) is 0 Å². The highest BCUT2D eigenvalue weighted by Crippen LogP contribution is 2.33. The molecule has 0 spiro atoms. The van der Waals surface area contributed by atoms with E-state index >= 15 is 0 Å². The van der Waals surface area contributed by atoms with Crippen LogP contribution < -0.4 is 15.2 Å². The predicted octanol–water partition coefficient (Wildman–Crippen LogP) is 0.696. The van der Waals surface area contributed by atoms with Crippen LogP contribution in [0.15, 0.2) is 18.2 Å². The molecule has 1 aromatic rings. The van der Waals surface area contributed by atoms with Gasteiger partial charge < -0.3 is 20.3 Å². The van der Waals surface area contributed by atoms with Crippen LogP contribution >= 0.6 is 0 Å². The molecule has 0 aliphatic rings. The minimum absolute atomic E-state index is 0.122. The van der Waals surface area contributed by atoms with Crippen molar-refractivity contribution in [3.63, 3.8) is 0 Å². The first kappa shape index (κ1) is 10.8. The zero-order valence-electron chi connectivity index (χ0n) is 8.36. The van der Waals surface area contributed by atoms with Crippen molar-refractivity contribution in [2.45, 2.75) is 6.04 Å². The highest BCUT2D eigenvalue weighted by molar-refractivity contribution is 5.47. The second-order valence-electron chi connectivity index (χ2n) is 2.87. The van der Waals surface area contributed by atoms with Crippen LogP contribution in [0.3, 0.4) is 0 Å². The summed E-state index contributed by atoms with van der Waals surface area (Å²) in [5.74, 6) is 1.20. The Balaban J connectivity index is 3.14. The van der Waals surface area contributed by atoms with Gasteiger partial charge in [-0.05, 0) is 6.07 Å². The SMILES string of the molecule is COc1cccc([C@H](N)CO)c1OC. The van der Waals surface area contributed by atoms with Gasteiger partial charge in [0.1, 0.15) is 0 Å². The maximum absolute atomic E-state index is 8.95. The zero-order valence-corrected chi connectivity index (χ0v) is 8.36. The molecule has 0 aliphatic heterocycles. The molecule has 0 unspecified atom stereocenters. The summed E-state index contributed by atoms with van der Waals surface area (Å²) in [6.07, 6.45) is 0. The molecule has 0 heterocycles. The van der Waals surface area contributed by atoms with Gasteiger partial charge in [-0.2, -0.15) is 0 Å². The minimum Gasteiger partial charge on any atom is -0.493 e. The third-order valence-corrected chi connectivity index (χ3v) is 2.03. The van der Waals surface area contributed by atoms with E-state index in [-0.39, 0.29) is 6.61 Å². The molecule has 4 nitrogen and oxygen atoms in total. The first-order valence-electron chi connectivity index (χ1n) is 4.32. The first-order valence-corrected chi connectivity index (χ1v) is 4.32. The Labute approximate surface area is 83.3 Å². The summed E-state index contributed by atoms with van der Waals surface area (Å²) in [7, 11) is 3.11. The lowest BCUT2D eigenvalue weighted by molar-refractivity contribution is 0.263. The van der Waals surface area contributed by atoms with Gasteiger partial charge in [-0.15, -0.1) is 0 Å². The number of nitrogens with two attached hydrogens (primary N) is 1. The molecule has 1 rings (SSSR count). The summed E-state index contributed by atoms with van der Waals surface area (Å²) in [6.45, 7) is -0.122. The van der Waals surface area contributed by atoms with Crippen molar-refractivity contribution in [2.75, 3.05) is 20.8 Å². The fourth-order valence-corrected chi connectivity index (χ4v) is 1.30. The largest absolute Gasteiger partial charge is 0.493 e. The average Bonchev–Trinajstić information content (AvgIpc) is 2.26. The molecule has 1 atom stereocenters.